The summed E-state index contributed by atoms with van der Waals surface area (Å²) in [7, 11) is 3.33. The third kappa shape index (κ3) is 4.39. The van der Waals surface area contributed by atoms with E-state index in [4.69, 9.17) is 21.1 Å². The Morgan fingerprint density at radius 3 is 2.75 bits per heavy atom. The van der Waals surface area contributed by atoms with Crippen molar-refractivity contribution in [1.82, 2.24) is 5.32 Å². The molecular weight excluding hydrogens is 226 g/mol. The normalized spacial score (nSPS) is 10.4. The predicted molar refractivity (Wildman–Crippen MR) is 66.2 cm³/mol. The summed E-state index contributed by atoms with van der Waals surface area (Å²) in [4.78, 5) is 0. The Bertz CT molecular complexity index is 318. The van der Waals surface area contributed by atoms with Crippen LogP contribution in [-0.4, -0.2) is 27.4 Å². The van der Waals surface area contributed by atoms with Gasteiger partial charge in [0.2, 0.25) is 0 Å². The summed E-state index contributed by atoms with van der Waals surface area (Å²) >= 11 is 6.02. The first-order valence-corrected chi connectivity index (χ1v) is 5.67. The van der Waals surface area contributed by atoms with Crippen LogP contribution >= 0.6 is 11.6 Å². The number of rotatable bonds is 7. The van der Waals surface area contributed by atoms with Crippen molar-refractivity contribution in [2.45, 2.75) is 13.0 Å². The number of hydrogen-bond donors (Lipinski definition) is 1. The van der Waals surface area contributed by atoms with Gasteiger partial charge < -0.3 is 14.8 Å². The number of methoxy groups -OCH3 is 2. The topological polar surface area (TPSA) is 30.5 Å². The molecule has 0 radical (unpaired) electrons. The van der Waals surface area contributed by atoms with Crippen LogP contribution in [0.3, 0.4) is 0 Å². The minimum atomic E-state index is 0.652. The molecule has 1 N–H and O–H groups in total. The van der Waals surface area contributed by atoms with Gasteiger partial charge in [-0.2, -0.15) is 0 Å². The first kappa shape index (κ1) is 13.3. The summed E-state index contributed by atoms with van der Waals surface area (Å²) in [5, 5.41) is 3.97. The lowest BCUT2D eigenvalue weighted by Gasteiger charge is -2.07. The average Bonchev–Trinajstić information content (AvgIpc) is 2.29. The Hall–Kier alpha value is -0.770. The molecule has 0 amide bonds. The lowest BCUT2D eigenvalue weighted by molar-refractivity contribution is 0.194. The van der Waals surface area contributed by atoms with Gasteiger partial charge in [-0.05, 0) is 30.7 Å². The van der Waals surface area contributed by atoms with E-state index in [9.17, 15) is 0 Å². The molecule has 0 fully saturated rings. The molecule has 1 rings (SSSR count). The fraction of sp³-hybridized carbons (Fsp3) is 0.500. The molecule has 0 aliphatic rings. The maximum absolute atomic E-state index is 6.02. The van der Waals surface area contributed by atoms with E-state index in [1.807, 2.05) is 18.2 Å². The minimum Gasteiger partial charge on any atom is -0.495 e. The molecular formula is C12H18ClNO2. The van der Waals surface area contributed by atoms with Gasteiger partial charge in [0.1, 0.15) is 5.75 Å². The Morgan fingerprint density at radius 2 is 2.12 bits per heavy atom. The Kier molecular flexibility index (Phi) is 6.23. The first-order chi connectivity index (χ1) is 7.77. The highest BCUT2D eigenvalue weighted by molar-refractivity contribution is 6.32. The van der Waals surface area contributed by atoms with Crippen molar-refractivity contribution in [1.29, 1.82) is 0 Å². The quantitative estimate of drug-likeness (QED) is 0.747. The molecule has 3 nitrogen and oxygen atoms in total. The van der Waals surface area contributed by atoms with E-state index in [1.165, 1.54) is 0 Å². The van der Waals surface area contributed by atoms with Crippen LogP contribution in [0.15, 0.2) is 18.2 Å². The van der Waals surface area contributed by atoms with Crippen LogP contribution in [0.2, 0.25) is 5.02 Å². The minimum absolute atomic E-state index is 0.652. The van der Waals surface area contributed by atoms with Gasteiger partial charge in [0.25, 0.3) is 0 Å². The van der Waals surface area contributed by atoms with Crippen molar-refractivity contribution in [3.05, 3.63) is 28.8 Å². The van der Waals surface area contributed by atoms with E-state index in [-0.39, 0.29) is 0 Å². The molecule has 0 atom stereocenters. The SMILES string of the molecule is COCCCNCc1ccc(OC)c(Cl)c1. The Labute approximate surface area is 102 Å². The lowest BCUT2D eigenvalue weighted by Crippen LogP contribution is -2.16. The molecule has 4 heteroatoms. The number of hydrogen-bond acceptors (Lipinski definition) is 3. The summed E-state index contributed by atoms with van der Waals surface area (Å²) in [5.74, 6) is 0.713. The monoisotopic (exact) mass is 243 g/mol. The second-order valence-corrected chi connectivity index (χ2v) is 3.90. The van der Waals surface area contributed by atoms with Crippen molar-refractivity contribution in [2.75, 3.05) is 27.4 Å². The Morgan fingerprint density at radius 1 is 1.31 bits per heavy atom. The molecule has 90 valence electrons. The van der Waals surface area contributed by atoms with Crippen molar-refractivity contribution in [3.8, 4) is 5.75 Å². The standard InChI is InChI=1S/C12H18ClNO2/c1-15-7-3-6-14-9-10-4-5-12(16-2)11(13)8-10/h4-5,8,14H,3,6-7,9H2,1-2H3. The van der Waals surface area contributed by atoms with E-state index in [1.54, 1.807) is 14.2 Å². The van der Waals surface area contributed by atoms with Gasteiger partial charge in [-0.3, -0.25) is 0 Å². The zero-order chi connectivity index (χ0) is 11.8. The molecule has 1 aromatic rings. The van der Waals surface area contributed by atoms with Gasteiger partial charge in [0, 0.05) is 20.3 Å². The van der Waals surface area contributed by atoms with Crippen LogP contribution in [0, 0.1) is 0 Å². The van der Waals surface area contributed by atoms with Crippen LogP contribution in [0.4, 0.5) is 0 Å². The van der Waals surface area contributed by atoms with Crippen LogP contribution in [-0.2, 0) is 11.3 Å². The van der Waals surface area contributed by atoms with E-state index < -0.39 is 0 Å². The molecule has 1 aromatic carbocycles. The van der Waals surface area contributed by atoms with E-state index in [0.29, 0.717) is 10.8 Å². The van der Waals surface area contributed by atoms with Crippen LogP contribution in [0.1, 0.15) is 12.0 Å². The molecule has 0 unspecified atom stereocenters. The first-order valence-electron chi connectivity index (χ1n) is 5.30. The molecule has 0 aromatic heterocycles. The highest BCUT2D eigenvalue weighted by atomic mass is 35.5. The highest BCUT2D eigenvalue weighted by Crippen LogP contribution is 2.24. The Balaban J connectivity index is 2.34. The molecule has 0 heterocycles. The molecule has 0 saturated heterocycles. The second-order valence-electron chi connectivity index (χ2n) is 3.49. The molecule has 16 heavy (non-hydrogen) atoms. The summed E-state index contributed by atoms with van der Waals surface area (Å²) in [6.45, 7) is 2.54. The van der Waals surface area contributed by atoms with Gasteiger partial charge in [0.05, 0.1) is 12.1 Å². The third-order valence-electron chi connectivity index (χ3n) is 2.25. The van der Waals surface area contributed by atoms with Crippen molar-refractivity contribution < 1.29 is 9.47 Å². The largest absolute Gasteiger partial charge is 0.495 e. The smallest absolute Gasteiger partial charge is 0.137 e. The van der Waals surface area contributed by atoms with Gasteiger partial charge in [-0.1, -0.05) is 17.7 Å². The maximum Gasteiger partial charge on any atom is 0.137 e. The zero-order valence-corrected chi connectivity index (χ0v) is 10.5. The fourth-order valence-electron chi connectivity index (χ4n) is 1.39. The number of halogens is 1. The zero-order valence-electron chi connectivity index (χ0n) is 9.75. The van der Waals surface area contributed by atoms with Crippen LogP contribution in [0.25, 0.3) is 0 Å². The van der Waals surface area contributed by atoms with E-state index in [0.717, 1.165) is 31.7 Å². The number of nitrogens with one attached hydrogen (secondary N) is 1. The van der Waals surface area contributed by atoms with Crippen molar-refractivity contribution >= 4 is 11.6 Å². The molecule has 0 aliphatic heterocycles. The van der Waals surface area contributed by atoms with Crippen LogP contribution < -0.4 is 10.1 Å². The summed E-state index contributed by atoms with van der Waals surface area (Å²) in [5.41, 5.74) is 1.16. The molecule has 0 aliphatic carbocycles. The summed E-state index contributed by atoms with van der Waals surface area (Å²) in [6, 6.07) is 5.81. The molecule has 0 bridgehead atoms. The van der Waals surface area contributed by atoms with Crippen LogP contribution in [0.5, 0.6) is 5.75 Å². The predicted octanol–water partition coefficient (Wildman–Crippen LogP) is 2.47. The van der Waals surface area contributed by atoms with E-state index >= 15 is 0 Å². The molecule has 0 spiro atoms. The average molecular weight is 244 g/mol. The van der Waals surface area contributed by atoms with Crippen molar-refractivity contribution in [2.24, 2.45) is 0 Å². The second kappa shape index (κ2) is 7.49. The van der Waals surface area contributed by atoms with E-state index in [2.05, 4.69) is 5.32 Å². The third-order valence-corrected chi connectivity index (χ3v) is 2.54. The fourth-order valence-corrected chi connectivity index (χ4v) is 1.67. The lowest BCUT2D eigenvalue weighted by atomic mass is 10.2. The highest BCUT2D eigenvalue weighted by Gasteiger charge is 2.01. The maximum atomic E-state index is 6.02. The van der Waals surface area contributed by atoms with Gasteiger partial charge in [0.15, 0.2) is 0 Å². The van der Waals surface area contributed by atoms with Gasteiger partial charge in [-0.25, -0.2) is 0 Å². The number of ether oxygens (including phenoxy) is 2. The number of benzene rings is 1. The van der Waals surface area contributed by atoms with Crippen molar-refractivity contribution in [3.63, 3.8) is 0 Å². The molecule has 0 saturated carbocycles. The summed E-state index contributed by atoms with van der Waals surface area (Å²) < 4.78 is 10.1. The van der Waals surface area contributed by atoms with Gasteiger partial charge in [-0.15, -0.1) is 0 Å². The van der Waals surface area contributed by atoms with Gasteiger partial charge >= 0.3 is 0 Å². The summed E-state index contributed by atoms with van der Waals surface area (Å²) in [6.07, 6.45) is 1.01.